The summed E-state index contributed by atoms with van der Waals surface area (Å²) in [4.78, 5) is 27.0. The minimum absolute atomic E-state index is 0.295. The number of hydrogen-bond acceptors (Lipinski definition) is 6. The van der Waals surface area contributed by atoms with Crippen molar-refractivity contribution < 1.29 is 19.4 Å². The van der Waals surface area contributed by atoms with Crippen LogP contribution < -0.4 is 25.7 Å². The zero-order valence-corrected chi connectivity index (χ0v) is 13.9. The van der Waals surface area contributed by atoms with Crippen molar-refractivity contribution in [2.45, 2.75) is 6.92 Å². The van der Waals surface area contributed by atoms with E-state index >= 15 is 0 Å². The molecule has 0 bridgehead atoms. The van der Waals surface area contributed by atoms with Gasteiger partial charge in [0.1, 0.15) is 11.3 Å². The zero-order chi connectivity index (χ0) is 17.7. The third-order valence-electron chi connectivity index (χ3n) is 3.56. The molecule has 0 atom stereocenters. The van der Waals surface area contributed by atoms with Crippen LogP contribution in [0.15, 0.2) is 16.9 Å². The van der Waals surface area contributed by atoms with Crippen molar-refractivity contribution in [3.63, 3.8) is 0 Å². The van der Waals surface area contributed by atoms with Crippen LogP contribution in [-0.4, -0.2) is 49.9 Å². The Kier molecular flexibility index (Phi) is 5.64. The summed E-state index contributed by atoms with van der Waals surface area (Å²) in [6, 6.07) is 3.04. The first-order chi connectivity index (χ1) is 11.5. The summed E-state index contributed by atoms with van der Waals surface area (Å²) in [5.41, 5.74) is -0.654. The highest BCUT2D eigenvalue weighted by atomic mass is 16.5. The van der Waals surface area contributed by atoms with E-state index < -0.39 is 17.2 Å². The predicted molar refractivity (Wildman–Crippen MR) is 90.2 cm³/mol. The van der Waals surface area contributed by atoms with Gasteiger partial charge >= 0.3 is 0 Å². The lowest BCUT2D eigenvalue weighted by Crippen LogP contribution is -2.34. The van der Waals surface area contributed by atoms with E-state index in [9.17, 15) is 14.7 Å². The number of ether oxygens (including phenoxy) is 2. The summed E-state index contributed by atoms with van der Waals surface area (Å²) >= 11 is 0. The number of pyridine rings is 1. The van der Waals surface area contributed by atoms with Crippen LogP contribution in [0.2, 0.25) is 0 Å². The highest BCUT2D eigenvalue weighted by Gasteiger charge is 2.20. The minimum Gasteiger partial charge on any atom is -0.506 e. The normalized spacial score (nSPS) is 10.6. The van der Waals surface area contributed by atoms with Crippen LogP contribution in [0.1, 0.15) is 17.3 Å². The van der Waals surface area contributed by atoms with Crippen LogP contribution in [0.5, 0.6) is 17.2 Å². The third kappa shape index (κ3) is 3.43. The molecule has 2 aromatic rings. The lowest BCUT2D eigenvalue weighted by atomic mass is 10.1. The number of carbonyl (C=O) groups is 1. The molecule has 0 aliphatic rings. The number of H-pyrrole nitrogens is 1. The van der Waals surface area contributed by atoms with Gasteiger partial charge in [-0.15, -0.1) is 0 Å². The number of rotatable bonds is 7. The number of benzene rings is 1. The second kappa shape index (κ2) is 7.69. The third-order valence-corrected chi connectivity index (χ3v) is 3.56. The van der Waals surface area contributed by atoms with E-state index in [-0.39, 0.29) is 5.56 Å². The summed E-state index contributed by atoms with van der Waals surface area (Å²) in [6.45, 7) is 3.64. The topological polar surface area (TPSA) is 113 Å². The Bertz CT molecular complexity index is 800. The molecule has 1 amide bonds. The van der Waals surface area contributed by atoms with Gasteiger partial charge in [-0.25, -0.2) is 0 Å². The number of aromatic amines is 1. The number of aromatic hydroxyl groups is 1. The molecule has 8 heteroatoms. The van der Waals surface area contributed by atoms with Crippen LogP contribution >= 0.6 is 0 Å². The molecular formula is C16H21N3O5. The first-order valence-electron chi connectivity index (χ1n) is 7.53. The fraction of sp³-hybridized carbons (Fsp3) is 0.375. The van der Waals surface area contributed by atoms with E-state index in [0.717, 1.165) is 6.54 Å². The molecule has 1 aromatic heterocycles. The molecule has 130 valence electrons. The number of hydrogen-bond donors (Lipinski definition) is 4. The molecule has 1 aromatic carbocycles. The molecule has 0 spiro atoms. The number of nitrogens with one attached hydrogen (secondary N) is 3. The first kappa shape index (κ1) is 17.6. The van der Waals surface area contributed by atoms with Gasteiger partial charge in [0, 0.05) is 24.5 Å². The maximum absolute atomic E-state index is 12.2. The lowest BCUT2D eigenvalue weighted by Gasteiger charge is -2.12. The van der Waals surface area contributed by atoms with E-state index in [2.05, 4.69) is 15.6 Å². The molecule has 8 nitrogen and oxygen atoms in total. The van der Waals surface area contributed by atoms with E-state index in [0.29, 0.717) is 35.5 Å². The summed E-state index contributed by atoms with van der Waals surface area (Å²) in [5, 5.41) is 16.3. The van der Waals surface area contributed by atoms with Gasteiger partial charge in [-0.3, -0.25) is 9.59 Å². The average molecular weight is 335 g/mol. The Morgan fingerprint density at radius 3 is 2.50 bits per heavy atom. The number of fused-ring (bicyclic) bond motifs is 1. The summed E-state index contributed by atoms with van der Waals surface area (Å²) in [7, 11) is 2.93. The molecule has 0 fully saturated rings. The van der Waals surface area contributed by atoms with Gasteiger partial charge in [-0.2, -0.15) is 0 Å². The highest BCUT2D eigenvalue weighted by Crippen LogP contribution is 2.35. The number of methoxy groups -OCH3 is 2. The number of likely N-dealkylation sites (N-methyl/N-ethyl adjacent to an activating group) is 1. The van der Waals surface area contributed by atoms with Gasteiger partial charge in [-0.05, 0) is 12.6 Å². The van der Waals surface area contributed by atoms with Gasteiger partial charge in [0.05, 0.1) is 19.7 Å². The van der Waals surface area contributed by atoms with Crippen molar-refractivity contribution >= 4 is 16.8 Å². The van der Waals surface area contributed by atoms with Crippen LogP contribution in [-0.2, 0) is 0 Å². The molecule has 0 aliphatic carbocycles. The number of carbonyl (C=O) groups excluding carboxylic acids is 1. The zero-order valence-electron chi connectivity index (χ0n) is 13.9. The van der Waals surface area contributed by atoms with Crippen molar-refractivity contribution in [3.8, 4) is 17.2 Å². The lowest BCUT2D eigenvalue weighted by molar-refractivity contribution is 0.0950. The maximum Gasteiger partial charge on any atom is 0.265 e. The van der Waals surface area contributed by atoms with E-state index in [1.807, 2.05) is 6.92 Å². The maximum atomic E-state index is 12.2. The van der Waals surface area contributed by atoms with Gasteiger partial charge < -0.3 is 30.2 Å². The van der Waals surface area contributed by atoms with Crippen LogP contribution in [0.3, 0.4) is 0 Å². The van der Waals surface area contributed by atoms with E-state index in [1.165, 1.54) is 26.4 Å². The van der Waals surface area contributed by atoms with Crippen molar-refractivity contribution in [1.29, 1.82) is 0 Å². The molecule has 0 aliphatic heterocycles. The van der Waals surface area contributed by atoms with Crippen LogP contribution in [0.25, 0.3) is 10.9 Å². The average Bonchev–Trinajstić information content (AvgIpc) is 2.57. The van der Waals surface area contributed by atoms with Crippen molar-refractivity contribution in [2.24, 2.45) is 0 Å². The Hall–Kier alpha value is -2.74. The van der Waals surface area contributed by atoms with Crippen LogP contribution in [0, 0.1) is 0 Å². The molecule has 24 heavy (non-hydrogen) atoms. The number of amides is 1. The highest BCUT2D eigenvalue weighted by molar-refractivity contribution is 6.02. The monoisotopic (exact) mass is 335 g/mol. The molecule has 2 rings (SSSR count). The van der Waals surface area contributed by atoms with Gasteiger partial charge in [-0.1, -0.05) is 6.92 Å². The van der Waals surface area contributed by atoms with Gasteiger partial charge in [0.2, 0.25) is 0 Å². The fourth-order valence-corrected chi connectivity index (χ4v) is 2.35. The molecule has 4 N–H and O–H groups in total. The van der Waals surface area contributed by atoms with Gasteiger partial charge in [0.25, 0.3) is 11.5 Å². The van der Waals surface area contributed by atoms with E-state index in [4.69, 9.17) is 9.47 Å². The Morgan fingerprint density at radius 2 is 1.88 bits per heavy atom. The standard InChI is InChI=1S/C16H21N3O5/c1-4-17-5-6-18-15(21)13-14(20)9-7-11(23-2)12(24-3)8-10(9)19-16(13)22/h7-8,17H,4-6H2,1-3H3,(H,18,21)(H2,19,20,22). The quantitative estimate of drug-likeness (QED) is 0.551. The minimum atomic E-state index is -0.673. The Labute approximate surface area is 138 Å². The van der Waals surface area contributed by atoms with Crippen molar-refractivity contribution in [1.82, 2.24) is 15.6 Å². The number of aromatic nitrogens is 1. The molecule has 1 heterocycles. The Balaban J connectivity index is 2.44. The first-order valence-corrected chi connectivity index (χ1v) is 7.53. The largest absolute Gasteiger partial charge is 0.506 e. The van der Waals surface area contributed by atoms with Gasteiger partial charge in [0.15, 0.2) is 11.5 Å². The molecule has 0 radical (unpaired) electrons. The summed E-state index contributed by atoms with van der Waals surface area (Å²) in [5.74, 6) is -0.243. The van der Waals surface area contributed by atoms with Crippen molar-refractivity contribution in [2.75, 3.05) is 33.9 Å². The predicted octanol–water partition coefficient (Wildman–Crippen LogP) is 0.590. The molecule has 0 saturated heterocycles. The van der Waals surface area contributed by atoms with Crippen molar-refractivity contribution in [3.05, 3.63) is 28.0 Å². The fourth-order valence-electron chi connectivity index (χ4n) is 2.35. The molecular weight excluding hydrogens is 314 g/mol. The molecule has 0 unspecified atom stereocenters. The summed E-state index contributed by atoms with van der Waals surface area (Å²) in [6.07, 6.45) is 0. The Morgan fingerprint density at radius 1 is 1.21 bits per heavy atom. The van der Waals surface area contributed by atoms with E-state index in [1.54, 1.807) is 0 Å². The second-order valence-corrected chi connectivity index (χ2v) is 5.04. The summed E-state index contributed by atoms with van der Waals surface area (Å²) < 4.78 is 10.3. The SMILES string of the molecule is CCNCCNC(=O)c1c(O)c2cc(OC)c(OC)cc2[nH]c1=O. The second-order valence-electron chi connectivity index (χ2n) is 5.04. The smallest absolute Gasteiger partial charge is 0.265 e. The van der Waals surface area contributed by atoms with Crippen LogP contribution in [0.4, 0.5) is 0 Å². The molecule has 0 saturated carbocycles.